The lowest BCUT2D eigenvalue weighted by molar-refractivity contribution is -0.135. The Labute approximate surface area is 112 Å². The van der Waals surface area contributed by atoms with Crippen LogP contribution in [0.2, 0.25) is 5.02 Å². The molecule has 4 heteroatoms. The molecular weight excluding hydrogens is 255 g/mol. The predicted octanol–water partition coefficient (Wildman–Crippen LogP) is 3.34. The van der Waals surface area contributed by atoms with Gasteiger partial charge in [-0.1, -0.05) is 11.6 Å². The van der Waals surface area contributed by atoms with Crippen LogP contribution in [0, 0.1) is 5.82 Å². The number of benzene rings is 1. The number of halogens is 2. The number of ether oxygens (including phenoxy) is 1. The first-order valence-electron chi connectivity index (χ1n) is 6.27. The molecule has 0 spiro atoms. The van der Waals surface area contributed by atoms with Gasteiger partial charge in [0.15, 0.2) is 0 Å². The van der Waals surface area contributed by atoms with Gasteiger partial charge in [0.2, 0.25) is 0 Å². The summed E-state index contributed by atoms with van der Waals surface area (Å²) >= 11 is 5.84. The summed E-state index contributed by atoms with van der Waals surface area (Å²) in [6, 6.07) is 4.40. The van der Waals surface area contributed by atoms with E-state index < -0.39 is 11.7 Å². The number of rotatable bonds is 3. The van der Waals surface area contributed by atoms with Crippen LogP contribution >= 0.6 is 11.6 Å². The van der Waals surface area contributed by atoms with Crippen molar-refractivity contribution in [3.8, 4) is 0 Å². The van der Waals surface area contributed by atoms with Crippen LogP contribution in [0.15, 0.2) is 18.2 Å². The molecular formula is C14H18ClFO2. The van der Waals surface area contributed by atoms with E-state index in [9.17, 15) is 9.50 Å². The lowest BCUT2D eigenvalue weighted by Gasteiger charge is -2.38. The second-order valence-corrected chi connectivity index (χ2v) is 5.51. The minimum atomic E-state index is -0.717. The molecule has 0 radical (unpaired) electrons. The molecule has 0 amide bonds. The molecule has 1 aromatic rings. The maximum Gasteiger partial charge on any atom is 0.126 e. The quantitative estimate of drug-likeness (QED) is 0.914. The standard InChI is InChI=1S/C14H18ClFO2/c1-14(6-2-3-7-18-14)13(17)9-10-8-11(15)4-5-12(10)16/h4-5,8,13,17H,2-3,6-7,9H2,1H3. The molecule has 1 aliphatic heterocycles. The Bertz CT molecular complexity index is 416. The van der Waals surface area contributed by atoms with Gasteiger partial charge in [-0.3, -0.25) is 0 Å². The van der Waals surface area contributed by atoms with Crippen LogP contribution in [-0.2, 0) is 11.2 Å². The zero-order valence-corrected chi connectivity index (χ0v) is 11.2. The second-order valence-electron chi connectivity index (χ2n) is 5.07. The molecule has 0 saturated carbocycles. The van der Waals surface area contributed by atoms with Crippen molar-refractivity contribution in [1.29, 1.82) is 0 Å². The normalized spacial score (nSPS) is 26.0. The fourth-order valence-electron chi connectivity index (χ4n) is 2.34. The van der Waals surface area contributed by atoms with Gasteiger partial charge in [0.1, 0.15) is 5.82 Å². The number of hydrogen-bond acceptors (Lipinski definition) is 2. The van der Waals surface area contributed by atoms with Crippen molar-refractivity contribution in [3.63, 3.8) is 0 Å². The first-order chi connectivity index (χ1) is 8.51. The molecule has 0 aliphatic carbocycles. The van der Waals surface area contributed by atoms with Gasteiger partial charge >= 0.3 is 0 Å². The van der Waals surface area contributed by atoms with Gasteiger partial charge in [-0.2, -0.15) is 0 Å². The molecule has 0 bridgehead atoms. The molecule has 2 unspecified atom stereocenters. The van der Waals surface area contributed by atoms with Crippen LogP contribution < -0.4 is 0 Å². The number of aliphatic hydroxyl groups is 1. The highest BCUT2D eigenvalue weighted by atomic mass is 35.5. The molecule has 1 saturated heterocycles. The lowest BCUT2D eigenvalue weighted by Crippen LogP contribution is -2.45. The Morgan fingerprint density at radius 3 is 2.94 bits per heavy atom. The first-order valence-corrected chi connectivity index (χ1v) is 6.65. The van der Waals surface area contributed by atoms with Crippen molar-refractivity contribution in [2.24, 2.45) is 0 Å². The van der Waals surface area contributed by atoms with Crippen LogP contribution in [0.4, 0.5) is 4.39 Å². The van der Waals surface area contributed by atoms with Crippen molar-refractivity contribution < 1.29 is 14.2 Å². The molecule has 2 atom stereocenters. The lowest BCUT2D eigenvalue weighted by atomic mass is 9.87. The SMILES string of the molecule is CC1(C(O)Cc2cc(Cl)ccc2F)CCCCO1. The fourth-order valence-corrected chi connectivity index (χ4v) is 2.54. The summed E-state index contributed by atoms with van der Waals surface area (Å²) in [6.07, 6.45) is 2.37. The molecule has 0 aromatic heterocycles. The van der Waals surface area contributed by atoms with Crippen molar-refractivity contribution in [3.05, 3.63) is 34.6 Å². The largest absolute Gasteiger partial charge is 0.390 e. The van der Waals surface area contributed by atoms with Crippen molar-refractivity contribution in [2.45, 2.75) is 44.3 Å². The Morgan fingerprint density at radius 1 is 1.50 bits per heavy atom. The molecule has 2 rings (SSSR count). The average molecular weight is 273 g/mol. The van der Waals surface area contributed by atoms with Crippen LogP contribution in [0.3, 0.4) is 0 Å². The van der Waals surface area contributed by atoms with E-state index in [-0.39, 0.29) is 12.2 Å². The van der Waals surface area contributed by atoms with Gasteiger partial charge in [0.25, 0.3) is 0 Å². The highest BCUT2D eigenvalue weighted by Crippen LogP contribution is 2.30. The minimum absolute atomic E-state index is 0.225. The van der Waals surface area contributed by atoms with Crippen molar-refractivity contribution >= 4 is 11.6 Å². The monoisotopic (exact) mass is 272 g/mol. The Morgan fingerprint density at radius 2 is 2.28 bits per heavy atom. The molecule has 100 valence electrons. The minimum Gasteiger partial charge on any atom is -0.390 e. The van der Waals surface area contributed by atoms with E-state index in [2.05, 4.69) is 0 Å². The highest BCUT2D eigenvalue weighted by molar-refractivity contribution is 6.30. The van der Waals surface area contributed by atoms with Gasteiger partial charge in [0.05, 0.1) is 11.7 Å². The predicted molar refractivity (Wildman–Crippen MR) is 69.3 cm³/mol. The smallest absolute Gasteiger partial charge is 0.126 e. The third kappa shape index (κ3) is 3.02. The zero-order valence-electron chi connectivity index (χ0n) is 10.5. The van der Waals surface area contributed by atoms with Crippen molar-refractivity contribution in [2.75, 3.05) is 6.61 Å². The Hall–Kier alpha value is -0.640. The van der Waals surface area contributed by atoms with E-state index in [0.717, 1.165) is 19.3 Å². The molecule has 1 heterocycles. The van der Waals surface area contributed by atoms with Crippen LogP contribution in [0.1, 0.15) is 31.7 Å². The van der Waals surface area contributed by atoms with Crippen LogP contribution in [0.25, 0.3) is 0 Å². The molecule has 1 fully saturated rings. The first kappa shape index (κ1) is 13.8. The molecule has 2 nitrogen and oxygen atoms in total. The maximum atomic E-state index is 13.6. The molecule has 1 aliphatic rings. The number of hydrogen-bond donors (Lipinski definition) is 1. The summed E-state index contributed by atoms with van der Waals surface area (Å²) < 4.78 is 19.3. The molecule has 1 N–H and O–H groups in total. The topological polar surface area (TPSA) is 29.5 Å². The van der Waals surface area contributed by atoms with Gasteiger partial charge in [-0.15, -0.1) is 0 Å². The average Bonchev–Trinajstić information content (AvgIpc) is 2.35. The van der Waals surface area contributed by atoms with E-state index in [1.807, 2.05) is 6.92 Å². The third-order valence-electron chi connectivity index (χ3n) is 3.63. The van der Waals surface area contributed by atoms with Gasteiger partial charge in [0, 0.05) is 18.1 Å². The van der Waals surface area contributed by atoms with E-state index in [1.165, 1.54) is 12.1 Å². The van der Waals surface area contributed by atoms with Gasteiger partial charge in [-0.05, 0) is 49.9 Å². The van der Waals surface area contributed by atoms with E-state index in [1.54, 1.807) is 6.07 Å². The summed E-state index contributed by atoms with van der Waals surface area (Å²) in [4.78, 5) is 0. The van der Waals surface area contributed by atoms with Gasteiger partial charge < -0.3 is 9.84 Å². The zero-order chi connectivity index (χ0) is 13.2. The molecule has 1 aromatic carbocycles. The third-order valence-corrected chi connectivity index (χ3v) is 3.86. The summed E-state index contributed by atoms with van der Waals surface area (Å²) in [7, 11) is 0. The number of aliphatic hydroxyl groups excluding tert-OH is 1. The summed E-state index contributed by atoms with van der Waals surface area (Å²) in [5.74, 6) is -0.335. The van der Waals surface area contributed by atoms with Crippen LogP contribution in [0.5, 0.6) is 0 Å². The summed E-state index contributed by atoms with van der Waals surface area (Å²) in [5, 5.41) is 10.7. The van der Waals surface area contributed by atoms with Crippen molar-refractivity contribution in [1.82, 2.24) is 0 Å². The fraction of sp³-hybridized carbons (Fsp3) is 0.571. The second kappa shape index (κ2) is 5.55. The van der Waals surface area contributed by atoms with E-state index in [0.29, 0.717) is 17.2 Å². The van der Waals surface area contributed by atoms with E-state index in [4.69, 9.17) is 16.3 Å². The summed E-state index contributed by atoms with van der Waals surface area (Å²) in [6.45, 7) is 2.55. The van der Waals surface area contributed by atoms with E-state index >= 15 is 0 Å². The molecule has 18 heavy (non-hydrogen) atoms. The highest BCUT2D eigenvalue weighted by Gasteiger charge is 2.36. The maximum absolute atomic E-state index is 13.6. The Balaban J connectivity index is 2.10. The Kier molecular flexibility index (Phi) is 4.25. The van der Waals surface area contributed by atoms with Crippen LogP contribution in [-0.4, -0.2) is 23.4 Å². The van der Waals surface area contributed by atoms with Gasteiger partial charge in [-0.25, -0.2) is 4.39 Å². The summed E-state index contributed by atoms with van der Waals surface area (Å²) in [5.41, 5.74) is -0.141.